The van der Waals surface area contributed by atoms with Crippen molar-refractivity contribution in [3.05, 3.63) is 55.6 Å². The molecule has 0 N–H and O–H groups in total. The molecule has 0 amide bonds. The van der Waals surface area contributed by atoms with Gasteiger partial charge < -0.3 is 4.74 Å². The lowest BCUT2D eigenvalue weighted by atomic mass is 9.47. The van der Waals surface area contributed by atoms with E-state index in [9.17, 15) is 25.0 Å². The maximum absolute atomic E-state index is 13.0. The number of esters is 1. The smallest absolute Gasteiger partial charge is 0.338 e. The minimum atomic E-state index is -0.738. The van der Waals surface area contributed by atoms with Gasteiger partial charge >= 0.3 is 5.97 Å². The minimum absolute atomic E-state index is 0.110. The number of hydrogen-bond acceptors (Lipinski definition) is 6. The molecular weight excluding hydrogens is 532 g/mol. The number of nitro benzene ring substituents is 2. The Bertz CT molecular complexity index is 1230. The Balaban J connectivity index is 1.27. The van der Waals surface area contributed by atoms with E-state index in [2.05, 4.69) is 40.7 Å². The van der Waals surface area contributed by atoms with E-state index in [4.69, 9.17) is 4.74 Å². The molecule has 3 fully saturated rings. The molecule has 230 valence electrons. The maximum atomic E-state index is 13.0. The standard InChI is InChI=1S/C34H48N2O6/c1-21(2)7-6-8-22(3)29-11-12-30-28-10-9-24-19-27(13-15-33(24,4)31(28)14-16-34(29,30)5)42-32(37)23-17-25(35(38)39)20-26(18-23)36(40)41/h9,17-18,20-22,27-31H,6-8,10-16,19H2,1-5H3/t22-,27-,28+,29-,30+,31+,33-,34-/m0/s1. The van der Waals surface area contributed by atoms with Crippen LogP contribution in [0.25, 0.3) is 0 Å². The molecule has 0 bridgehead atoms. The minimum Gasteiger partial charge on any atom is -0.458 e. The highest BCUT2D eigenvalue weighted by atomic mass is 16.6. The van der Waals surface area contributed by atoms with Gasteiger partial charge in [-0.15, -0.1) is 0 Å². The number of fused-ring (bicyclic) bond motifs is 5. The number of nitro groups is 2. The second-order valence-electron chi connectivity index (χ2n) is 14.8. The number of carbonyl (C=O) groups excluding carboxylic acids is 1. The summed E-state index contributed by atoms with van der Waals surface area (Å²) >= 11 is 0. The van der Waals surface area contributed by atoms with Crippen LogP contribution in [0.1, 0.15) is 116 Å². The van der Waals surface area contributed by atoms with Gasteiger partial charge in [-0.1, -0.05) is 65.5 Å². The van der Waals surface area contributed by atoms with Gasteiger partial charge in [0.25, 0.3) is 11.4 Å². The van der Waals surface area contributed by atoms with Crippen LogP contribution in [-0.4, -0.2) is 21.9 Å². The van der Waals surface area contributed by atoms with Gasteiger partial charge in [0.05, 0.1) is 21.5 Å². The lowest BCUT2D eigenvalue weighted by Gasteiger charge is -2.58. The van der Waals surface area contributed by atoms with Crippen molar-refractivity contribution < 1.29 is 19.4 Å². The Kier molecular flexibility index (Phi) is 8.56. The number of hydrogen-bond donors (Lipinski definition) is 0. The summed E-state index contributed by atoms with van der Waals surface area (Å²) in [6.07, 6.45) is 14.9. The molecule has 1 aromatic carbocycles. The maximum Gasteiger partial charge on any atom is 0.338 e. The highest BCUT2D eigenvalue weighted by Crippen LogP contribution is 2.67. The van der Waals surface area contributed by atoms with E-state index in [0.29, 0.717) is 17.8 Å². The fourth-order valence-electron chi connectivity index (χ4n) is 9.90. The lowest BCUT2D eigenvalue weighted by molar-refractivity contribution is -0.394. The quantitative estimate of drug-likeness (QED) is 0.125. The molecule has 1 aromatic rings. The van der Waals surface area contributed by atoms with E-state index >= 15 is 0 Å². The highest BCUT2D eigenvalue weighted by Gasteiger charge is 2.59. The molecule has 0 radical (unpaired) electrons. The summed E-state index contributed by atoms with van der Waals surface area (Å²) in [6, 6.07) is 2.99. The average Bonchev–Trinajstić information content (AvgIpc) is 3.30. The van der Waals surface area contributed by atoms with Crippen LogP contribution in [0.5, 0.6) is 0 Å². The fraction of sp³-hybridized carbons (Fsp3) is 0.735. The molecule has 0 aromatic heterocycles. The molecule has 0 aliphatic heterocycles. The predicted molar refractivity (Wildman–Crippen MR) is 162 cm³/mol. The Labute approximate surface area is 250 Å². The van der Waals surface area contributed by atoms with Crippen LogP contribution in [0.2, 0.25) is 0 Å². The van der Waals surface area contributed by atoms with Gasteiger partial charge in [0.15, 0.2) is 0 Å². The van der Waals surface area contributed by atoms with Gasteiger partial charge in [-0.2, -0.15) is 0 Å². The Morgan fingerprint density at radius 1 is 0.952 bits per heavy atom. The van der Waals surface area contributed by atoms with Crippen LogP contribution in [0.3, 0.4) is 0 Å². The topological polar surface area (TPSA) is 113 Å². The van der Waals surface area contributed by atoms with Crippen LogP contribution < -0.4 is 0 Å². The van der Waals surface area contributed by atoms with Gasteiger partial charge in [0.1, 0.15) is 6.10 Å². The number of ether oxygens (including phenoxy) is 1. The number of benzene rings is 1. The van der Waals surface area contributed by atoms with Crippen molar-refractivity contribution in [2.45, 2.75) is 111 Å². The summed E-state index contributed by atoms with van der Waals surface area (Å²) in [7, 11) is 0. The summed E-state index contributed by atoms with van der Waals surface area (Å²) in [4.78, 5) is 34.1. The molecule has 3 saturated carbocycles. The second kappa shape index (κ2) is 11.7. The largest absolute Gasteiger partial charge is 0.458 e. The average molecular weight is 581 g/mol. The van der Waals surface area contributed by atoms with E-state index in [1.165, 1.54) is 50.5 Å². The van der Waals surface area contributed by atoms with Crippen LogP contribution >= 0.6 is 0 Å². The van der Waals surface area contributed by atoms with Crippen LogP contribution in [0.15, 0.2) is 29.8 Å². The van der Waals surface area contributed by atoms with Gasteiger partial charge in [0.2, 0.25) is 0 Å². The number of carbonyl (C=O) groups is 1. The van der Waals surface area contributed by atoms with Crippen molar-refractivity contribution in [3.63, 3.8) is 0 Å². The second-order valence-corrected chi connectivity index (χ2v) is 14.8. The van der Waals surface area contributed by atoms with E-state index in [1.54, 1.807) is 0 Å². The third kappa shape index (κ3) is 5.62. The molecule has 8 nitrogen and oxygen atoms in total. The van der Waals surface area contributed by atoms with Crippen molar-refractivity contribution in [1.29, 1.82) is 0 Å². The third-order valence-corrected chi connectivity index (χ3v) is 12.1. The van der Waals surface area contributed by atoms with Crippen molar-refractivity contribution in [2.75, 3.05) is 0 Å². The highest BCUT2D eigenvalue weighted by molar-refractivity contribution is 5.91. The number of non-ortho nitro benzene ring substituents is 2. The Morgan fingerprint density at radius 3 is 2.29 bits per heavy atom. The normalized spacial score (nSPS) is 34.5. The molecule has 0 unspecified atom stereocenters. The van der Waals surface area contributed by atoms with E-state index in [-0.39, 0.29) is 17.1 Å². The zero-order valence-corrected chi connectivity index (χ0v) is 26.0. The zero-order chi connectivity index (χ0) is 30.4. The lowest BCUT2D eigenvalue weighted by Crippen LogP contribution is -2.51. The SMILES string of the molecule is CC(C)CCC[C@H](C)[C@@H]1CC[C@@H]2[C@H]3CC=C4C[C@@H](OC(=O)c5cc([N+](=O)[O-])cc([N+](=O)[O-])c5)CC[C@]4(C)[C@@H]3CC[C@]21C. The first-order chi connectivity index (χ1) is 19.8. The molecule has 42 heavy (non-hydrogen) atoms. The summed E-state index contributed by atoms with van der Waals surface area (Å²) in [5.74, 6) is 3.81. The van der Waals surface area contributed by atoms with Crippen molar-refractivity contribution >= 4 is 17.3 Å². The van der Waals surface area contributed by atoms with Crippen molar-refractivity contribution in [3.8, 4) is 0 Å². The molecule has 8 heteroatoms. The van der Waals surface area contributed by atoms with Gasteiger partial charge in [-0.3, -0.25) is 20.2 Å². The Hall–Kier alpha value is -2.77. The summed E-state index contributed by atoms with van der Waals surface area (Å²) in [5.41, 5.74) is 0.806. The van der Waals surface area contributed by atoms with Crippen molar-refractivity contribution in [1.82, 2.24) is 0 Å². The Morgan fingerprint density at radius 2 is 1.64 bits per heavy atom. The zero-order valence-electron chi connectivity index (χ0n) is 26.0. The number of allylic oxidation sites excluding steroid dienone is 1. The van der Waals surface area contributed by atoms with Crippen molar-refractivity contribution in [2.24, 2.45) is 46.3 Å². The summed E-state index contributed by atoms with van der Waals surface area (Å²) < 4.78 is 5.82. The van der Waals surface area contributed by atoms with Crippen LogP contribution in [0.4, 0.5) is 11.4 Å². The monoisotopic (exact) mass is 580 g/mol. The third-order valence-electron chi connectivity index (χ3n) is 12.1. The fourth-order valence-corrected chi connectivity index (χ4v) is 9.90. The molecular formula is C34H48N2O6. The van der Waals surface area contributed by atoms with Crippen LogP contribution in [0, 0.1) is 66.6 Å². The van der Waals surface area contributed by atoms with Gasteiger partial charge in [0, 0.05) is 18.6 Å². The summed E-state index contributed by atoms with van der Waals surface area (Å²) in [6.45, 7) is 12.2. The molecule has 0 spiro atoms. The molecule has 4 aliphatic rings. The molecule has 0 saturated heterocycles. The van der Waals surface area contributed by atoms with Crippen LogP contribution in [-0.2, 0) is 4.74 Å². The van der Waals surface area contributed by atoms with E-state index in [0.717, 1.165) is 67.1 Å². The molecule has 5 rings (SSSR count). The van der Waals surface area contributed by atoms with Gasteiger partial charge in [-0.25, -0.2) is 4.79 Å². The van der Waals surface area contributed by atoms with E-state index < -0.39 is 27.2 Å². The van der Waals surface area contributed by atoms with Gasteiger partial charge in [-0.05, 0) is 91.3 Å². The first-order valence-corrected chi connectivity index (χ1v) is 16.2. The summed E-state index contributed by atoms with van der Waals surface area (Å²) in [5, 5.41) is 22.6. The molecule has 4 aliphatic carbocycles. The van der Waals surface area contributed by atoms with E-state index in [1.807, 2.05) is 0 Å². The first kappa shape index (κ1) is 30.7. The number of nitrogens with zero attached hydrogens (tertiary/aromatic N) is 2. The molecule has 0 heterocycles. The molecule has 8 atom stereocenters. The predicted octanol–water partition coefficient (Wildman–Crippen LogP) is 9.07. The number of rotatable bonds is 9. The first-order valence-electron chi connectivity index (χ1n) is 16.2.